The van der Waals surface area contributed by atoms with E-state index in [4.69, 9.17) is 9.47 Å². The maximum absolute atomic E-state index is 6.65. The maximum Gasteiger partial charge on any atom is 0.199 e. The summed E-state index contributed by atoms with van der Waals surface area (Å²) in [6.07, 6.45) is 3.20. The summed E-state index contributed by atoms with van der Waals surface area (Å²) in [6, 6.07) is 19.1. The SMILES string of the molecule is CC[Si](CC)(CC)c1cc(C)cc(-c2ccccc2)c1OC1CCCCO1. The molecule has 1 fully saturated rings. The first kappa shape index (κ1) is 20.2. The van der Waals surface area contributed by atoms with Crippen LogP contribution in [0, 0.1) is 6.92 Å². The van der Waals surface area contributed by atoms with Crippen molar-refractivity contribution in [3.8, 4) is 16.9 Å². The summed E-state index contributed by atoms with van der Waals surface area (Å²) < 4.78 is 12.6. The first-order chi connectivity index (χ1) is 13.1. The van der Waals surface area contributed by atoms with Crippen molar-refractivity contribution in [2.24, 2.45) is 0 Å². The van der Waals surface area contributed by atoms with Crippen LogP contribution in [0.3, 0.4) is 0 Å². The van der Waals surface area contributed by atoms with Gasteiger partial charge in [0, 0.05) is 12.0 Å². The molecule has 2 nitrogen and oxygen atoms in total. The molecule has 0 saturated carbocycles. The molecular formula is C24H34O2Si. The number of benzene rings is 2. The van der Waals surface area contributed by atoms with E-state index in [1.165, 1.54) is 46.4 Å². The van der Waals surface area contributed by atoms with E-state index >= 15 is 0 Å². The van der Waals surface area contributed by atoms with E-state index in [0.717, 1.165) is 25.2 Å². The summed E-state index contributed by atoms with van der Waals surface area (Å²) in [5.41, 5.74) is 3.79. The van der Waals surface area contributed by atoms with Gasteiger partial charge in [-0.15, -0.1) is 0 Å². The summed E-state index contributed by atoms with van der Waals surface area (Å²) >= 11 is 0. The van der Waals surface area contributed by atoms with Crippen molar-refractivity contribution in [3.63, 3.8) is 0 Å². The third-order valence-corrected chi connectivity index (χ3v) is 11.9. The number of aryl methyl sites for hydroxylation is 1. The summed E-state index contributed by atoms with van der Waals surface area (Å²) in [6.45, 7) is 10.1. The van der Waals surface area contributed by atoms with Gasteiger partial charge in [-0.05, 0) is 36.6 Å². The zero-order chi connectivity index (χ0) is 19.3. The third kappa shape index (κ3) is 4.30. The second-order valence-electron chi connectivity index (χ2n) is 7.81. The zero-order valence-corrected chi connectivity index (χ0v) is 18.4. The number of rotatable bonds is 7. The Hall–Kier alpha value is -1.58. The van der Waals surface area contributed by atoms with E-state index in [9.17, 15) is 0 Å². The van der Waals surface area contributed by atoms with Crippen molar-refractivity contribution in [1.29, 1.82) is 0 Å². The van der Waals surface area contributed by atoms with Crippen LogP contribution in [0.5, 0.6) is 5.75 Å². The Labute approximate surface area is 165 Å². The van der Waals surface area contributed by atoms with Gasteiger partial charge in [0.2, 0.25) is 0 Å². The molecule has 3 heteroatoms. The molecule has 0 radical (unpaired) electrons. The molecule has 146 valence electrons. The van der Waals surface area contributed by atoms with Crippen LogP contribution in [-0.2, 0) is 4.74 Å². The largest absolute Gasteiger partial charge is 0.464 e. The van der Waals surface area contributed by atoms with Crippen LogP contribution in [-0.4, -0.2) is 21.0 Å². The van der Waals surface area contributed by atoms with Gasteiger partial charge in [-0.1, -0.05) is 80.9 Å². The highest BCUT2D eigenvalue weighted by atomic mass is 28.3. The lowest BCUT2D eigenvalue weighted by Gasteiger charge is -2.34. The van der Waals surface area contributed by atoms with Crippen LogP contribution < -0.4 is 9.92 Å². The van der Waals surface area contributed by atoms with Crippen molar-refractivity contribution < 1.29 is 9.47 Å². The minimum absolute atomic E-state index is 0.111. The second-order valence-corrected chi connectivity index (χ2v) is 13.0. The molecule has 1 unspecified atom stereocenters. The molecule has 0 amide bonds. The highest BCUT2D eigenvalue weighted by Gasteiger charge is 2.34. The average molecular weight is 383 g/mol. The van der Waals surface area contributed by atoms with Crippen LogP contribution in [0.2, 0.25) is 18.1 Å². The molecule has 3 rings (SSSR count). The first-order valence-electron chi connectivity index (χ1n) is 10.6. The summed E-state index contributed by atoms with van der Waals surface area (Å²) in [5, 5.41) is 1.49. The Balaban J connectivity index is 2.17. The van der Waals surface area contributed by atoms with E-state index in [1.807, 2.05) is 0 Å². The van der Waals surface area contributed by atoms with Gasteiger partial charge in [0.1, 0.15) is 5.75 Å². The number of hydrogen-bond donors (Lipinski definition) is 0. The molecule has 2 aromatic carbocycles. The fourth-order valence-electron chi connectivity index (χ4n) is 4.38. The maximum atomic E-state index is 6.65. The monoisotopic (exact) mass is 382 g/mol. The van der Waals surface area contributed by atoms with Crippen LogP contribution in [0.4, 0.5) is 0 Å². The predicted octanol–water partition coefficient (Wildman–Crippen LogP) is 6.28. The molecule has 27 heavy (non-hydrogen) atoms. The van der Waals surface area contributed by atoms with Gasteiger partial charge in [-0.3, -0.25) is 0 Å². The molecular weight excluding hydrogens is 348 g/mol. The summed E-state index contributed by atoms with van der Waals surface area (Å²) in [5.74, 6) is 1.09. The van der Waals surface area contributed by atoms with Gasteiger partial charge in [0.05, 0.1) is 14.7 Å². The molecule has 0 spiro atoms. The molecule has 0 bridgehead atoms. The Morgan fingerprint density at radius 3 is 2.30 bits per heavy atom. The minimum atomic E-state index is -1.60. The summed E-state index contributed by atoms with van der Waals surface area (Å²) in [7, 11) is -1.60. The molecule has 1 saturated heterocycles. The first-order valence-corrected chi connectivity index (χ1v) is 13.2. The fraction of sp³-hybridized carbons (Fsp3) is 0.500. The molecule has 1 heterocycles. The topological polar surface area (TPSA) is 18.5 Å². The molecule has 0 N–H and O–H groups in total. The third-order valence-electron chi connectivity index (χ3n) is 6.31. The van der Waals surface area contributed by atoms with Crippen molar-refractivity contribution in [3.05, 3.63) is 48.0 Å². The predicted molar refractivity (Wildman–Crippen MR) is 118 cm³/mol. The molecule has 0 aliphatic carbocycles. The Bertz CT molecular complexity index is 723. The second kappa shape index (κ2) is 9.07. The van der Waals surface area contributed by atoms with Crippen molar-refractivity contribution in [2.45, 2.75) is 71.4 Å². The van der Waals surface area contributed by atoms with Gasteiger partial charge in [0.15, 0.2) is 6.29 Å². The average Bonchev–Trinajstić information content (AvgIpc) is 2.72. The lowest BCUT2D eigenvalue weighted by molar-refractivity contribution is -0.105. The minimum Gasteiger partial charge on any atom is -0.464 e. The van der Waals surface area contributed by atoms with Gasteiger partial charge in [-0.2, -0.15) is 0 Å². The highest BCUT2D eigenvalue weighted by molar-refractivity contribution is 6.92. The molecule has 1 atom stereocenters. The lowest BCUT2D eigenvalue weighted by Crippen LogP contribution is -2.47. The molecule has 1 aliphatic heterocycles. The van der Waals surface area contributed by atoms with Crippen LogP contribution in [0.25, 0.3) is 11.1 Å². The quantitative estimate of drug-likeness (QED) is 0.524. The normalized spacial score (nSPS) is 17.7. The molecule has 0 aromatic heterocycles. The standard InChI is InChI=1S/C24H34O2Si/c1-5-27(6-2,7-3)22-18-19(4)17-21(20-13-9-8-10-14-20)24(22)26-23-15-11-12-16-25-23/h8-10,13-14,17-18,23H,5-7,11-12,15-16H2,1-4H3. The van der Waals surface area contributed by atoms with E-state index in [1.54, 1.807) is 0 Å². The zero-order valence-electron chi connectivity index (χ0n) is 17.4. The van der Waals surface area contributed by atoms with Crippen molar-refractivity contribution >= 4 is 13.3 Å². The summed E-state index contributed by atoms with van der Waals surface area (Å²) in [4.78, 5) is 0. The number of hydrogen-bond acceptors (Lipinski definition) is 2. The van der Waals surface area contributed by atoms with Crippen molar-refractivity contribution in [1.82, 2.24) is 0 Å². The van der Waals surface area contributed by atoms with Crippen LogP contribution >= 0.6 is 0 Å². The van der Waals surface area contributed by atoms with Crippen LogP contribution in [0.15, 0.2) is 42.5 Å². The fourth-order valence-corrected chi connectivity index (χ4v) is 8.23. The Morgan fingerprint density at radius 2 is 1.70 bits per heavy atom. The van der Waals surface area contributed by atoms with Crippen molar-refractivity contribution in [2.75, 3.05) is 6.61 Å². The lowest BCUT2D eigenvalue weighted by atomic mass is 10.0. The smallest absolute Gasteiger partial charge is 0.199 e. The molecule has 1 aliphatic rings. The van der Waals surface area contributed by atoms with E-state index in [0.29, 0.717) is 0 Å². The van der Waals surface area contributed by atoms with Gasteiger partial charge in [0.25, 0.3) is 0 Å². The van der Waals surface area contributed by atoms with Gasteiger partial charge in [-0.25, -0.2) is 0 Å². The number of ether oxygens (including phenoxy) is 2. The van der Waals surface area contributed by atoms with E-state index < -0.39 is 8.07 Å². The van der Waals surface area contributed by atoms with Gasteiger partial charge >= 0.3 is 0 Å². The Morgan fingerprint density at radius 1 is 1.00 bits per heavy atom. The van der Waals surface area contributed by atoms with Gasteiger partial charge < -0.3 is 9.47 Å². The van der Waals surface area contributed by atoms with E-state index in [-0.39, 0.29) is 6.29 Å². The highest BCUT2D eigenvalue weighted by Crippen LogP contribution is 2.36. The Kier molecular flexibility index (Phi) is 6.77. The van der Waals surface area contributed by atoms with E-state index in [2.05, 4.69) is 70.2 Å². The van der Waals surface area contributed by atoms with Crippen LogP contribution in [0.1, 0.15) is 45.6 Å². The molecule has 2 aromatic rings.